The number of carbonyl (C=O) groups is 1. The molecule has 1 aliphatic carbocycles. The van der Waals surface area contributed by atoms with Crippen LogP contribution < -0.4 is 10.1 Å². The highest BCUT2D eigenvalue weighted by Gasteiger charge is 2.30. The van der Waals surface area contributed by atoms with Crippen molar-refractivity contribution >= 4 is 16.8 Å². The molecule has 6 heteroatoms. The first-order chi connectivity index (χ1) is 19.1. The first kappa shape index (κ1) is 27.7. The Hall–Kier alpha value is -2.83. The minimum absolute atomic E-state index is 0.0511. The maximum absolute atomic E-state index is 13.3. The third-order valence-electron chi connectivity index (χ3n) is 8.38. The SMILES string of the molecule is CCCC1CC(OCC2CC2)CCN1CCCn1cc(C(=O)NCc2cccc(C)c2)c2cccc(OC)c21. The maximum atomic E-state index is 13.3. The standard InChI is InChI=1S/C33H45N3O3/c1-4-8-27-20-28(39-23-25-13-14-25)15-18-35(27)16-7-17-36-22-30(29-11-6-12-31(38-3)32(29)36)33(37)34-21-26-10-5-9-24(2)19-26/h5-6,9-12,19,22,25,27-28H,4,7-8,13-18,20-21,23H2,1-3H3,(H,34,37). The molecule has 1 saturated heterocycles. The van der Waals surface area contributed by atoms with Gasteiger partial charge in [0.25, 0.3) is 5.91 Å². The Morgan fingerprint density at radius 3 is 2.72 bits per heavy atom. The van der Waals surface area contributed by atoms with Crippen LogP contribution in [-0.2, 0) is 17.8 Å². The molecule has 1 aliphatic heterocycles. The molecule has 1 aromatic heterocycles. The average molecular weight is 532 g/mol. The molecular formula is C33H45N3O3. The minimum atomic E-state index is -0.0511. The summed E-state index contributed by atoms with van der Waals surface area (Å²) in [6.07, 6.45) is 10.9. The number of carbonyl (C=O) groups excluding carboxylic acids is 1. The molecule has 0 radical (unpaired) electrons. The molecule has 2 fully saturated rings. The largest absolute Gasteiger partial charge is 0.495 e. The van der Waals surface area contributed by atoms with E-state index in [4.69, 9.17) is 9.47 Å². The number of fused-ring (bicyclic) bond motifs is 1. The number of aromatic nitrogens is 1. The molecule has 5 rings (SSSR count). The van der Waals surface area contributed by atoms with Gasteiger partial charge < -0.3 is 24.3 Å². The smallest absolute Gasteiger partial charge is 0.253 e. The van der Waals surface area contributed by atoms with Crippen LogP contribution in [0.5, 0.6) is 5.75 Å². The highest BCUT2D eigenvalue weighted by Crippen LogP contribution is 2.32. The number of aryl methyl sites for hydroxylation is 2. The Bertz CT molecular complexity index is 1250. The molecule has 2 heterocycles. The Kier molecular flexibility index (Phi) is 9.25. The van der Waals surface area contributed by atoms with Crippen LogP contribution >= 0.6 is 0 Å². The Morgan fingerprint density at radius 2 is 1.95 bits per heavy atom. The van der Waals surface area contributed by atoms with Crippen LogP contribution in [-0.4, -0.2) is 54.3 Å². The molecule has 1 N–H and O–H groups in total. The van der Waals surface area contributed by atoms with Crippen LogP contribution in [0.25, 0.3) is 10.9 Å². The van der Waals surface area contributed by atoms with Gasteiger partial charge in [-0.25, -0.2) is 0 Å². The van der Waals surface area contributed by atoms with E-state index in [2.05, 4.69) is 40.8 Å². The van der Waals surface area contributed by atoms with E-state index in [9.17, 15) is 4.79 Å². The number of para-hydroxylation sites is 1. The van der Waals surface area contributed by atoms with Gasteiger partial charge in [-0.15, -0.1) is 0 Å². The number of benzene rings is 2. The van der Waals surface area contributed by atoms with Gasteiger partial charge in [0, 0.05) is 50.4 Å². The third kappa shape index (κ3) is 7.03. The van der Waals surface area contributed by atoms with E-state index in [1.165, 1.54) is 31.2 Å². The topological polar surface area (TPSA) is 55.7 Å². The fourth-order valence-electron chi connectivity index (χ4n) is 6.09. The molecule has 39 heavy (non-hydrogen) atoms. The zero-order valence-corrected chi connectivity index (χ0v) is 24.0. The first-order valence-corrected chi connectivity index (χ1v) is 14.9. The van der Waals surface area contributed by atoms with E-state index in [0.29, 0.717) is 24.3 Å². The second-order valence-corrected chi connectivity index (χ2v) is 11.5. The van der Waals surface area contributed by atoms with Crippen LogP contribution in [0, 0.1) is 12.8 Å². The lowest BCUT2D eigenvalue weighted by Gasteiger charge is -2.39. The van der Waals surface area contributed by atoms with Gasteiger partial charge in [-0.3, -0.25) is 4.79 Å². The van der Waals surface area contributed by atoms with Crippen LogP contribution in [0.4, 0.5) is 0 Å². The molecule has 210 valence electrons. The number of nitrogens with zero attached hydrogens (tertiary/aromatic N) is 2. The monoisotopic (exact) mass is 531 g/mol. The Morgan fingerprint density at radius 1 is 1.10 bits per heavy atom. The van der Waals surface area contributed by atoms with Crippen molar-refractivity contribution in [3.05, 3.63) is 65.4 Å². The molecule has 6 nitrogen and oxygen atoms in total. The highest BCUT2D eigenvalue weighted by molar-refractivity contribution is 6.08. The molecule has 2 atom stereocenters. The summed E-state index contributed by atoms with van der Waals surface area (Å²) >= 11 is 0. The van der Waals surface area contributed by atoms with Crippen molar-refractivity contribution in [2.75, 3.05) is 26.8 Å². The first-order valence-electron chi connectivity index (χ1n) is 14.9. The fraction of sp³-hybridized carbons (Fsp3) is 0.545. The van der Waals surface area contributed by atoms with Gasteiger partial charge in [0.15, 0.2) is 0 Å². The summed E-state index contributed by atoms with van der Waals surface area (Å²) in [5, 5.41) is 4.06. The van der Waals surface area contributed by atoms with Crippen LogP contribution in [0.3, 0.4) is 0 Å². The van der Waals surface area contributed by atoms with Gasteiger partial charge in [-0.2, -0.15) is 0 Å². The van der Waals surface area contributed by atoms with E-state index in [-0.39, 0.29) is 5.91 Å². The Balaban J connectivity index is 1.24. The summed E-state index contributed by atoms with van der Waals surface area (Å²) in [4.78, 5) is 16.0. The molecule has 0 spiro atoms. The summed E-state index contributed by atoms with van der Waals surface area (Å²) in [5.41, 5.74) is 4.00. The minimum Gasteiger partial charge on any atom is -0.495 e. The number of nitrogens with one attached hydrogen (secondary N) is 1. The molecule has 1 amide bonds. The van der Waals surface area contributed by atoms with E-state index in [1.807, 2.05) is 36.5 Å². The van der Waals surface area contributed by atoms with Gasteiger partial charge in [0.1, 0.15) is 5.75 Å². The van der Waals surface area contributed by atoms with E-state index < -0.39 is 0 Å². The van der Waals surface area contributed by atoms with Crippen molar-refractivity contribution in [3.8, 4) is 5.75 Å². The van der Waals surface area contributed by atoms with Crippen molar-refractivity contribution in [1.29, 1.82) is 0 Å². The van der Waals surface area contributed by atoms with Crippen molar-refractivity contribution in [1.82, 2.24) is 14.8 Å². The normalized spacial score (nSPS) is 19.9. The number of amides is 1. The molecule has 2 aliphatic rings. The molecule has 1 saturated carbocycles. The molecular weight excluding hydrogens is 486 g/mol. The number of likely N-dealkylation sites (tertiary alicyclic amines) is 1. The van der Waals surface area contributed by atoms with Gasteiger partial charge in [0.2, 0.25) is 0 Å². The second-order valence-electron chi connectivity index (χ2n) is 11.5. The lowest BCUT2D eigenvalue weighted by molar-refractivity contribution is -0.0219. The summed E-state index contributed by atoms with van der Waals surface area (Å²) in [6.45, 7) is 8.85. The van der Waals surface area contributed by atoms with Crippen LogP contribution in [0.1, 0.15) is 73.4 Å². The molecule has 0 bridgehead atoms. The number of piperidine rings is 1. The summed E-state index contributed by atoms with van der Waals surface area (Å²) in [6, 6.07) is 14.8. The molecule has 2 aromatic carbocycles. The lowest BCUT2D eigenvalue weighted by Crippen LogP contribution is -2.45. The highest BCUT2D eigenvalue weighted by atomic mass is 16.5. The number of ether oxygens (including phenoxy) is 2. The summed E-state index contributed by atoms with van der Waals surface area (Å²) < 4.78 is 14.2. The van der Waals surface area contributed by atoms with Gasteiger partial charge in [-0.1, -0.05) is 55.3 Å². The number of rotatable bonds is 13. The number of hydrogen-bond donors (Lipinski definition) is 1. The zero-order valence-electron chi connectivity index (χ0n) is 24.0. The zero-order chi connectivity index (χ0) is 27.2. The molecule has 2 unspecified atom stereocenters. The van der Waals surface area contributed by atoms with Crippen molar-refractivity contribution in [3.63, 3.8) is 0 Å². The quantitative estimate of drug-likeness (QED) is 0.280. The molecule has 3 aromatic rings. The van der Waals surface area contributed by atoms with E-state index >= 15 is 0 Å². The Labute approximate surface area is 233 Å². The van der Waals surface area contributed by atoms with Crippen molar-refractivity contribution in [2.45, 2.75) is 84.0 Å². The predicted octanol–water partition coefficient (Wildman–Crippen LogP) is 6.34. The van der Waals surface area contributed by atoms with E-state index in [1.54, 1.807) is 7.11 Å². The summed E-state index contributed by atoms with van der Waals surface area (Å²) in [7, 11) is 1.70. The van der Waals surface area contributed by atoms with Crippen molar-refractivity contribution < 1.29 is 14.3 Å². The van der Waals surface area contributed by atoms with Gasteiger partial charge in [-0.05, 0) is 63.0 Å². The van der Waals surface area contributed by atoms with Crippen molar-refractivity contribution in [2.24, 2.45) is 5.92 Å². The number of hydrogen-bond acceptors (Lipinski definition) is 4. The number of methoxy groups -OCH3 is 1. The second kappa shape index (κ2) is 13.0. The lowest BCUT2D eigenvalue weighted by atomic mass is 9.95. The van der Waals surface area contributed by atoms with Crippen LogP contribution in [0.2, 0.25) is 0 Å². The fourth-order valence-corrected chi connectivity index (χ4v) is 6.09. The summed E-state index contributed by atoms with van der Waals surface area (Å²) in [5.74, 6) is 1.59. The van der Waals surface area contributed by atoms with Gasteiger partial charge in [0.05, 0.1) is 24.3 Å². The van der Waals surface area contributed by atoms with E-state index in [0.717, 1.165) is 73.6 Å². The van der Waals surface area contributed by atoms with Crippen LogP contribution in [0.15, 0.2) is 48.7 Å². The predicted molar refractivity (Wildman–Crippen MR) is 157 cm³/mol. The maximum Gasteiger partial charge on any atom is 0.253 e. The third-order valence-corrected chi connectivity index (χ3v) is 8.38. The van der Waals surface area contributed by atoms with Gasteiger partial charge >= 0.3 is 0 Å². The average Bonchev–Trinajstić information content (AvgIpc) is 3.71.